The molecule has 1 heterocycles. The van der Waals surface area contributed by atoms with Gasteiger partial charge >= 0.3 is 0 Å². The van der Waals surface area contributed by atoms with Crippen LogP contribution in [0.5, 0.6) is 0 Å². The molecule has 0 bridgehead atoms. The summed E-state index contributed by atoms with van der Waals surface area (Å²) in [4.78, 5) is 2.57. The summed E-state index contributed by atoms with van der Waals surface area (Å²) in [6, 6.07) is 0.799. The van der Waals surface area contributed by atoms with Crippen LogP contribution < -0.4 is 5.32 Å². The van der Waals surface area contributed by atoms with Crippen molar-refractivity contribution in [3.63, 3.8) is 0 Å². The van der Waals surface area contributed by atoms with Crippen LogP contribution in [-0.2, 0) is 0 Å². The van der Waals surface area contributed by atoms with Crippen molar-refractivity contribution in [2.45, 2.75) is 39.2 Å². The number of nitrogens with one attached hydrogen (secondary N) is 1. The van der Waals surface area contributed by atoms with Gasteiger partial charge < -0.3 is 10.2 Å². The molecule has 0 aromatic heterocycles. The zero-order chi connectivity index (χ0) is 10.2. The second-order valence-electron chi connectivity index (χ2n) is 5.73. The molecule has 1 saturated carbocycles. The number of hydrogen-bond donors (Lipinski definition) is 1. The first-order chi connectivity index (χ1) is 6.61. The Bertz CT molecular complexity index is 192. The first-order valence-corrected chi connectivity index (χ1v) is 6.02. The van der Waals surface area contributed by atoms with Crippen LogP contribution in [0.2, 0.25) is 0 Å². The van der Waals surface area contributed by atoms with Crippen molar-refractivity contribution >= 4 is 0 Å². The molecule has 2 nitrogen and oxygen atoms in total. The van der Waals surface area contributed by atoms with Crippen LogP contribution in [-0.4, -0.2) is 37.6 Å². The summed E-state index contributed by atoms with van der Waals surface area (Å²) in [5, 5.41) is 3.48. The van der Waals surface area contributed by atoms with Gasteiger partial charge in [-0.25, -0.2) is 0 Å². The summed E-state index contributed by atoms with van der Waals surface area (Å²) in [6.07, 6.45) is 4.26. The molecule has 0 aromatic rings. The molecule has 2 unspecified atom stereocenters. The fourth-order valence-corrected chi connectivity index (χ4v) is 2.69. The third-order valence-electron chi connectivity index (χ3n) is 4.09. The minimum Gasteiger partial charge on any atom is -0.316 e. The Morgan fingerprint density at radius 3 is 2.71 bits per heavy atom. The summed E-state index contributed by atoms with van der Waals surface area (Å²) >= 11 is 0. The van der Waals surface area contributed by atoms with E-state index in [9.17, 15) is 0 Å². The zero-order valence-electron chi connectivity index (χ0n) is 9.84. The maximum Gasteiger partial charge on any atom is 0.00923 e. The van der Waals surface area contributed by atoms with Crippen LogP contribution in [0.15, 0.2) is 0 Å². The van der Waals surface area contributed by atoms with Crippen LogP contribution >= 0.6 is 0 Å². The van der Waals surface area contributed by atoms with E-state index in [-0.39, 0.29) is 0 Å². The average Bonchev–Trinajstić information content (AvgIpc) is 2.89. The Kier molecular flexibility index (Phi) is 2.85. The van der Waals surface area contributed by atoms with Gasteiger partial charge in [0.15, 0.2) is 0 Å². The molecule has 2 fully saturated rings. The Labute approximate surface area is 88.1 Å². The van der Waals surface area contributed by atoms with Gasteiger partial charge in [0.25, 0.3) is 0 Å². The van der Waals surface area contributed by atoms with E-state index in [0.717, 1.165) is 12.0 Å². The van der Waals surface area contributed by atoms with Crippen molar-refractivity contribution < 1.29 is 0 Å². The molecule has 2 heteroatoms. The molecule has 1 aliphatic carbocycles. The molecule has 0 spiro atoms. The fourth-order valence-electron chi connectivity index (χ4n) is 2.69. The van der Waals surface area contributed by atoms with Gasteiger partial charge in [-0.15, -0.1) is 0 Å². The maximum absolute atomic E-state index is 3.48. The molecular formula is C12H24N2. The van der Waals surface area contributed by atoms with Crippen LogP contribution in [0, 0.1) is 11.3 Å². The summed E-state index contributed by atoms with van der Waals surface area (Å²) < 4.78 is 0. The Morgan fingerprint density at radius 2 is 2.21 bits per heavy atom. The molecule has 0 amide bonds. The van der Waals surface area contributed by atoms with Gasteiger partial charge in [0.05, 0.1) is 0 Å². The predicted octanol–water partition coefficient (Wildman–Crippen LogP) is 1.72. The second-order valence-corrected chi connectivity index (χ2v) is 5.73. The monoisotopic (exact) mass is 196 g/mol. The van der Waals surface area contributed by atoms with Crippen molar-refractivity contribution in [3.8, 4) is 0 Å². The van der Waals surface area contributed by atoms with Crippen LogP contribution in [0.3, 0.4) is 0 Å². The first-order valence-electron chi connectivity index (χ1n) is 6.02. The van der Waals surface area contributed by atoms with Gasteiger partial charge in [0.2, 0.25) is 0 Å². The van der Waals surface area contributed by atoms with E-state index >= 15 is 0 Å². The quantitative estimate of drug-likeness (QED) is 0.736. The molecule has 1 N–H and O–H groups in total. The van der Waals surface area contributed by atoms with Crippen LogP contribution in [0.25, 0.3) is 0 Å². The van der Waals surface area contributed by atoms with E-state index in [1.165, 1.54) is 38.9 Å². The largest absolute Gasteiger partial charge is 0.316 e. The van der Waals surface area contributed by atoms with Crippen molar-refractivity contribution in [1.29, 1.82) is 0 Å². The van der Waals surface area contributed by atoms with Gasteiger partial charge in [-0.3, -0.25) is 0 Å². The molecule has 14 heavy (non-hydrogen) atoms. The predicted molar refractivity (Wildman–Crippen MR) is 60.4 cm³/mol. The molecule has 0 radical (unpaired) electrons. The van der Waals surface area contributed by atoms with E-state index in [1.54, 1.807) is 0 Å². The van der Waals surface area contributed by atoms with Crippen molar-refractivity contribution in [1.82, 2.24) is 10.2 Å². The number of rotatable bonds is 4. The van der Waals surface area contributed by atoms with E-state index in [4.69, 9.17) is 0 Å². The molecule has 1 saturated heterocycles. The van der Waals surface area contributed by atoms with Crippen LogP contribution in [0.4, 0.5) is 0 Å². The highest BCUT2D eigenvalue weighted by molar-refractivity contribution is 4.90. The summed E-state index contributed by atoms with van der Waals surface area (Å²) in [5.74, 6) is 0.998. The number of nitrogens with zero attached hydrogens (tertiary/aromatic N) is 1. The topological polar surface area (TPSA) is 15.3 Å². The van der Waals surface area contributed by atoms with Crippen molar-refractivity contribution in [2.75, 3.05) is 26.7 Å². The highest BCUT2D eigenvalue weighted by Crippen LogP contribution is 2.36. The summed E-state index contributed by atoms with van der Waals surface area (Å²) in [5.41, 5.74) is 0.526. The Balaban J connectivity index is 1.82. The number of hydrogen-bond acceptors (Lipinski definition) is 2. The van der Waals surface area contributed by atoms with E-state index in [2.05, 4.69) is 31.1 Å². The van der Waals surface area contributed by atoms with Gasteiger partial charge in [-0.1, -0.05) is 6.92 Å². The molecule has 0 aromatic carbocycles. The standard InChI is InChI=1S/C12H24N2/c1-10(11-4-5-11)14(3)9-12(2)6-7-13-8-12/h10-11,13H,4-9H2,1-3H3. The first kappa shape index (κ1) is 10.4. The molecule has 2 aliphatic rings. The lowest BCUT2D eigenvalue weighted by Gasteiger charge is -2.33. The smallest absolute Gasteiger partial charge is 0.00923 e. The van der Waals surface area contributed by atoms with E-state index < -0.39 is 0 Å². The SMILES string of the molecule is CC(C1CC1)N(C)CC1(C)CCNC1. The third-order valence-corrected chi connectivity index (χ3v) is 4.09. The normalized spacial score (nSPS) is 35.1. The minimum absolute atomic E-state index is 0.526. The van der Waals surface area contributed by atoms with Crippen LogP contribution in [0.1, 0.15) is 33.1 Å². The lowest BCUT2D eigenvalue weighted by Crippen LogP contribution is -2.40. The maximum atomic E-state index is 3.48. The van der Waals surface area contributed by atoms with E-state index in [0.29, 0.717) is 5.41 Å². The Hall–Kier alpha value is -0.0800. The van der Waals surface area contributed by atoms with Gasteiger partial charge in [-0.2, -0.15) is 0 Å². The molecule has 1 aliphatic heterocycles. The van der Waals surface area contributed by atoms with Gasteiger partial charge in [0.1, 0.15) is 0 Å². The molecular weight excluding hydrogens is 172 g/mol. The third kappa shape index (κ3) is 2.29. The van der Waals surface area contributed by atoms with Crippen molar-refractivity contribution in [2.24, 2.45) is 11.3 Å². The second kappa shape index (κ2) is 3.82. The van der Waals surface area contributed by atoms with E-state index in [1.807, 2.05) is 0 Å². The zero-order valence-corrected chi connectivity index (χ0v) is 9.84. The van der Waals surface area contributed by atoms with Gasteiger partial charge in [-0.05, 0) is 51.1 Å². The lowest BCUT2D eigenvalue weighted by atomic mass is 9.89. The molecule has 2 atom stereocenters. The fraction of sp³-hybridized carbons (Fsp3) is 1.00. The summed E-state index contributed by atoms with van der Waals surface area (Å²) in [6.45, 7) is 8.49. The highest BCUT2D eigenvalue weighted by Gasteiger charge is 2.35. The Morgan fingerprint density at radius 1 is 1.50 bits per heavy atom. The molecule has 2 rings (SSSR count). The highest BCUT2D eigenvalue weighted by atomic mass is 15.1. The molecule has 82 valence electrons. The van der Waals surface area contributed by atoms with Gasteiger partial charge in [0, 0.05) is 19.1 Å². The lowest BCUT2D eigenvalue weighted by molar-refractivity contribution is 0.156. The average molecular weight is 196 g/mol. The van der Waals surface area contributed by atoms with Crippen molar-refractivity contribution in [3.05, 3.63) is 0 Å². The summed E-state index contributed by atoms with van der Waals surface area (Å²) in [7, 11) is 2.30. The minimum atomic E-state index is 0.526.